The molecule has 3 aromatic rings. The Bertz CT molecular complexity index is 1300. The molecule has 1 atom stereocenters. The molecule has 0 aliphatic carbocycles. The molecule has 0 saturated heterocycles. The van der Waals surface area contributed by atoms with E-state index in [-0.39, 0.29) is 17.5 Å². The molecule has 3 aromatic carbocycles. The van der Waals surface area contributed by atoms with Crippen molar-refractivity contribution in [3.63, 3.8) is 0 Å². The molecule has 0 radical (unpaired) electrons. The summed E-state index contributed by atoms with van der Waals surface area (Å²) in [7, 11) is 0. The van der Waals surface area contributed by atoms with Crippen molar-refractivity contribution in [2.24, 2.45) is 11.8 Å². The number of carboxylic acid groups (broad SMARTS) is 1. The molecule has 1 unspecified atom stereocenters. The van der Waals surface area contributed by atoms with Gasteiger partial charge in [-0.1, -0.05) is 52.0 Å². The number of rotatable bonds is 10. The standard InChI is InChI=1S/C31H33F6NO2/c1-19(2)12-13-38(26-7-5-6-25(18-26)31(35,36)37)27-16-22(21-8-10-24(11-9-21)30(32,33)34)15-23(17-27)28(29(39)40)14-20(3)4/h5-11,15-20,28H,12-14H2,1-4H3,(H,39,40). The zero-order valence-electron chi connectivity index (χ0n) is 22.8. The van der Waals surface area contributed by atoms with Gasteiger partial charge in [0.2, 0.25) is 0 Å². The van der Waals surface area contributed by atoms with E-state index in [9.17, 15) is 36.2 Å². The summed E-state index contributed by atoms with van der Waals surface area (Å²) in [6.07, 6.45) is -8.14. The Morgan fingerprint density at radius 2 is 1.38 bits per heavy atom. The second-order valence-corrected chi connectivity index (χ2v) is 10.8. The highest BCUT2D eigenvalue weighted by molar-refractivity contribution is 5.80. The van der Waals surface area contributed by atoms with Crippen LogP contribution >= 0.6 is 0 Å². The van der Waals surface area contributed by atoms with Gasteiger partial charge >= 0.3 is 18.3 Å². The minimum absolute atomic E-state index is 0.0276. The summed E-state index contributed by atoms with van der Waals surface area (Å²) in [5, 5.41) is 10.0. The summed E-state index contributed by atoms with van der Waals surface area (Å²) in [5.74, 6) is -1.73. The molecule has 40 heavy (non-hydrogen) atoms. The minimum atomic E-state index is -4.56. The van der Waals surface area contributed by atoms with E-state index in [1.54, 1.807) is 29.2 Å². The first-order valence-corrected chi connectivity index (χ1v) is 13.1. The Hall–Kier alpha value is -3.49. The van der Waals surface area contributed by atoms with Crippen molar-refractivity contribution in [2.75, 3.05) is 11.4 Å². The highest BCUT2D eigenvalue weighted by Gasteiger charge is 2.32. The smallest absolute Gasteiger partial charge is 0.416 e. The summed E-state index contributed by atoms with van der Waals surface area (Å²) in [6, 6.07) is 14.4. The summed E-state index contributed by atoms with van der Waals surface area (Å²) in [4.78, 5) is 14.0. The van der Waals surface area contributed by atoms with Crippen LogP contribution in [0, 0.1) is 11.8 Å². The summed E-state index contributed by atoms with van der Waals surface area (Å²) in [6.45, 7) is 8.08. The number of nitrogens with zero attached hydrogens (tertiary/aromatic N) is 1. The van der Waals surface area contributed by atoms with E-state index < -0.39 is 35.4 Å². The maximum Gasteiger partial charge on any atom is 0.416 e. The highest BCUT2D eigenvalue weighted by atomic mass is 19.4. The molecule has 9 heteroatoms. The van der Waals surface area contributed by atoms with Crippen molar-refractivity contribution in [2.45, 2.75) is 58.8 Å². The van der Waals surface area contributed by atoms with Gasteiger partial charge in [0, 0.05) is 17.9 Å². The topological polar surface area (TPSA) is 40.5 Å². The number of benzene rings is 3. The van der Waals surface area contributed by atoms with Gasteiger partial charge in [-0.15, -0.1) is 0 Å². The van der Waals surface area contributed by atoms with Crippen molar-refractivity contribution in [3.05, 3.63) is 83.4 Å². The van der Waals surface area contributed by atoms with E-state index in [2.05, 4.69) is 0 Å². The van der Waals surface area contributed by atoms with Crippen LogP contribution in [-0.4, -0.2) is 17.6 Å². The zero-order valence-corrected chi connectivity index (χ0v) is 22.8. The second-order valence-electron chi connectivity index (χ2n) is 10.8. The lowest BCUT2D eigenvalue weighted by molar-refractivity contribution is -0.139. The van der Waals surface area contributed by atoms with Gasteiger partial charge in [-0.05, 0) is 83.8 Å². The number of carbonyl (C=O) groups is 1. The van der Waals surface area contributed by atoms with Crippen LogP contribution in [-0.2, 0) is 17.1 Å². The number of carboxylic acids is 1. The quantitative estimate of drug-likeness (QED) is 0.249. The van der Waals surface area contributed by atoms with Crippen LogP contribution in [0.25, 0.3) is 11.1 Å². The van der Waals surface area contributed by atoms with E-state index in [1.807, 2.05) is 27.7 Å². The van der Waals surface area contributed by atoms with Crippen LogP contribution in [0.4, 0.5) is 37.7 Å². The zero-order chi connectivity index (χ0) is 29.8. The average Bonchev–Trinajstić information content (AvgIpc) is 2.86. The molecule has 0 heterocycles. The van der Waals surface area contributed by atoms with E-state index in [0.717, 1.165) is 24.3 Å². The van der Waals surface area contributed by atoms with E-state index >= 15 is 0 Å². The molecule has 0 saturated carbocycles. The normalized spacial score (nSPS) is 13.1. The molecule has 0 fully saturated rings. The van der Waals surface area contributed by atoms with Crippen molar-refractivity contribution in [3.8, 4) is 11.1 Å². The molecule has 216 valence electrons. The lowest BCUT2D eigenvalue weighted by atomic mass is 9.88. The lowest BCUT2D eigenvalue weighted by Gasteiger charge is -2.29. The molecule has 0 spiro atoms. The van der Waals surface area contributed by atoms with Gasteiger partial charge in [-0.2, -0.15) is 26.3 Å². The van der Waals surface area contributed by atoms with E-state index in [0.29, 0.717) is 41.8 Å². The van der Waals surface area contributed by atoms with Gasteiger partial charge in [0.05, 0.1) is 17.0 Å². The van der Waals surface area contributed by atoms with Crippen LogP contribution < -0.4 is 4.90 Å². The molecule has 0 amide bonds. The monoisotopic (exact) mass is 565 g/mol. The van der Waals surface area contributed by atoms with Crippen LogP contribution in [0.3, 0.4) is 0 Å². The largest absolute Gasteiger partial charge is 0.481 e. The van der Waals surface area contributed by atoms with Gasteiger partial charge in [0.25, 0.3) is 0 Å². The van der Waals surface area contributed by atoms with Gasteiger partial charge < -0.3 is 10.0 Å². The minimum Gasteiger partial charge on any atom is -0.481 e. The first-order valence-electron chi connectivity index (χ1n) is 13.1. The fourth-order valence-corrected chi connectivity index (χ4v) is 4.51. The Labute approximate surface area is 230 Å². The van der Waals surface area contributed by atoms with Crippen molar-refractivity contribution < 1.29 is 36.2 Å². The van der Waals surface area contributed by atoms with Gasteiger partial charge in [0.1, 0.15) is 0 Å². The SMILES string of the molecule is CC(C)CCN(c1cc(-c2ccc(C(F)(F)F)cc2)cc(C(CC(C)C)C(=O)O)c1)c1cccc(C(F)(F)F)c1. The highest BCUT2D eigenvalue weighted by Crippen LogP contribution is 2.39. The number of hydrogen-bond donors (Lipinski definition) is 1. The number of aliphatic carboxylic acids is 1. The number of anilines is 2. The predicted octanol–water partition coefficient (Wildman–Crippen LogP) is 9.79. The molecule has 0 aromatic heterocycles. The number of hydrogen-bond acceptors (Lipinski definition) is 2. The fourth-order valence-electron chi connectivity index (χ4n) is 4.51. The molecule has 0 bridgehead atoms. The Morgan fingerprint density at radius 1 is 0.750 bits per heavy atom. The third-order valence-electron chi connectivity index (χ3n) is 6.62. The number of halogens is 6. The second kappa shape index (κ2) is 12.4. The van der Waals surface area contributed by atoms with E-state index in [4.69, 9.17) is 0 Å². The average molecular weight is 566 g/mol. The van der Waals surface area contributed by atoms with Crippen LogP contribution in [0.2, 0.25) is 0 Å². The van der Waals surface area contributed by atoms with Crippen molar-refractivity contribution >= 4 is 17.3 Å². The predicted molar refractivity (Wildman–Crippen MR) is 145 cm³/mol. The third kappa shape index (κ3) is 8.02. The van der Waals surface area contributed by atoms with Gasteiger partial charge in [-0.3, -0.25) is 4.79 Å². The first-order chi connectivity index (χ1) is 18.6. The fraction of sp³-hybridized carbons (Fsp3) is 0.387. The van der Waals surface area contributed by atoms with Crippen molar-refractivity contribution in [1.29, 1.82) is 0 Å². The molecule has 0 aliphatic heterocycles. The van der Waals surface area contributed by atoms with Crippen LogP contribution in [0.5, 0.6) is 0 Å². The molecule has 3 rings (SSSR count). The lowest BCUT2D eigenvalue weighted by Crippen LogP contribution is -2.21. The number of alkyl halides is 6. The molecular formula is C31H33F6NO2. The Morgan fingerprint density at radius 3 is 1.90 bits per heavy atom. The van der Waals surface area contributed by atoms with Gasteiger partial charge in [0.15, 0.2) is 0 Å². The van der Waals surface area contributed by atoms with Gasteiger partial charge in [-0.25, -0.2) is 0 Å². The third-order valence-corrected chi connectivity index (χ3v) is 6.62. The van der Waals surface area contributed by atoms with Crippen LogP contribution in [0.1, 0.15) is 63.1 Å². The first kappa shape index (κ1) is 31.0. The summed E-state index contributed by atoms with van der Waals surface area (Å²) in [5.41, 5.74) is 0.426. The summed E-state index contributed by atoms with van der Waals surface area (Å²) < 4.78 is 80.2. The van der Waals surface area contributed by atoms with Crippen molar-refractivity contribution in [1.82, 2.24) is 0 Å². The molecule has 3 nitrogen and oxygen atoms in total. The molecular weight excluding hydrogens is 532 g/mol. The van der Waals surface area contributed by atoms with Crippen LogP contribution in [0.15, 0.2) is 66.7 Å². The Balaban J connectivity index is 2.24. The summed E-state index contributed by atoms with van der Waals surface area (Å²) >= 11 is 0. The Kier molecular flexibility index (Phi) is 9.59. The molecule has 1 N–H and O–H groups in total. The van der Waals surface area contributed by atoms with E-state index in [1.165, 1.54) is 18.2 Å². The maximum absolute atomic E-state index is 13.6. The molecule has 0 aliphatic rings. The maximum atomic E-state index is 13.6.